The quantitative estimate of drug-likeness (QED) is 0.667. The molecule has 0 bridgehead atoms. The van der Waals surface area contributed by atoms with E-state index >= 15 is 0 Å². The van der Waals surface area contributed by atoms with Crippen LogP contribution < -0.4 is 4.31 Å². The Kier molecular flexibility index (Phi) is 7.40. The Morgan fingerprint density at radius 2 is 1.38 bits per heavy atom. The number of para-hydroxylation sites is 1. The van der Waals surface area contributed by atoms with Gasteiger partial charge in [-0.25, -0.2) is 13.2 Å². The molecule has 9 heteroatoms. The summed E-state index contributed by atoms with van der Waals surface area (Å²) in [6, 6.07) is 14.8. The largest absolute Gasteiger partial charge is 0.335 e. The van der Waals surface area contributed by atoms with Gasteiger partial charge in [-0.05, 0) is 50.2 Å². The molecule has 0 radical (unpaired) electrons. The van der Waals surface area contributed by atoms with Crippen LogP contribution in [0, 0.1) is 0 Å². The zero-order valence-electron chi connectivity index (χ0n) is 18.8. The zero-order chi connectivity index (χ0) is 23.3. The van der Waals surface area contributed by atoms with Crippen LogP contribution in [0.3, 0.4) is 0 Å². The Labute approximate surface area is 190 Å². The fraction of sp³-hybridized carbons (Fsp3) is 0.391. The van der Waals surface area contributed by atoms with E-state index in [0.29, 0.717) is 50.5 Å². The second-order valence-electron chi connectivity index (χ2n) is 7.57. The number of hydrogen-bond acceptors (Lipinski definition) is 4. The minimum Gasteiger partial charge on any atom is -0.335 e. The van der Waals surface area contributed by atoms with Crippen LogP contribution >= 0.6 is 0 Å². The summed E-state index contributed by atoms with van der Waals surface area (Å²) in [4.78, 5) is 30.7. The van der Waals surface area contributed by atoms with E-state index in [1.807, 2.05) is 19.9 Å². The van der Waals surface area contributed by atoms with Crippen LogP contribution in [0.2, 0.25) is 0 Å². The Morgan fingerprint density at radius 3 is 1.91 bits per heavy atom. The van der Waals surface area contributed by atoms with Crippen LogP contribution in [0.4, 0.5) is 10.5 Å². The molecule has 0 atom stereocenters. The average Bonchev–Trinajstić information content (AvgIpc) is 2.84. The molecule has 3 amide bonds. The molecule has 1 aliphatic heterocycles. The molecule has 0 aliphatic carbocycles. The van der Waals surface area contributed by atoms with Gasteiger partial charge in [0.15, 0.2) is 0 Å². The van der Waals surface area contributed by atoms with Gasteiger partial charge in [-0.15, -0.1) is 0 Å². The molecule has 1 fully saturated rings. The first-order chi connectivity index (χ1) is 15.3. The lowest BCUT2D eigenvalue weighted by Gasteiger charge is -2.37. The van der Waals surface area contributed by atoms with E-state index in [2.05, 4.69) is 0 Å². The number of amides is 3. The Balaban J connectivity index is 1.65. The third-order valence-electron chi connectivity index (χ3n) is 5.75. The molecule has 0 unspecified atom stereocenters. The lowest BCUT2D eigenvalue weighted by Crippen LogP contribution is -2.54. The maximum Gasteiger partial charge on any atom is 0.320 e. The van der Waals surface area contributed by atoms with Gasteiger partial charge in [0.25, 0.3) is 15.9 Å². The molecule has 3 rings (SSSR count). The third-order valence-corrected chi connectivity index (χ3v) is 7.55. The summed E-state index contributed by atoms with van der Waals surface area (Å²) in [6.07, 6.45) is 0. The van der Waals surface area contributed by atoms with Gasteiger partial charge in [-0.3, -0.25) is 9.10 Å². The fourth-order valence-corrected chi connectivity index (χ4v) is 4.88. The second kappa shape index (κ2) is 10.0. The van der Waals surface area contributed by atoms with Crippen molar-refractivity contribution in [3.63, 3.8) is 0 Å². The van der Waals surface area contributed by atoms with Gasteiger partial charge in [0.2, 0.25) is 0 Å². The molecule has 1 heterocycles. The van der Waals surface area contributed by atoms with Gasteiger partial charge < -0.3 is 14.7 Å². The van der Waals surface area contributed by atoms with Gasteiger partial charge in [-0.1, -0.05) is 18.2 Å². The first-order valence-electron chi connectivity index (χ1n) is 10.8. The highest BCUT2D eigenvalue weighted by molar-refractivity contribution is 7.92. The van der Waals surface area contributed by atoms with Crippen molar-refractivity contribution in [1.82, 2.24) is 14.7 Å². The summed E-state index contributed by atoms with van der Waals surface area (Å²) in [6.45, 7) is 7.06. The minimum atomic E-state index is -3.73. The van der Waals surface area contributed by atoms with Gasteiger partial charge >= 0.3 is 6.03 Å². The normalized spacial score (nSPS) is 14.2. The Hall–Kier alpha value is -3.07. The number of piperazine rings is 1. The molecule has 1 saturated heterocycles. The molecular weight excluding hydrogens is 428 g/mol. The first kappa shape index (κ1) is 23.6. The number of rotatable bonds is 6. The SMILES string of the molecule is CCN(CC)C(=O)N1CCN(C(=O)c2ccc(S(=O)(=O)N(C)c3ccccc3)cc2)CC1. The van der Waals surface area contributed by atoms with E-state index in [1.54, 1.807) is 51.1 Å². The minimum absolute atomic E-state index is 0.000746. The second-order valence-corrected chi connectivity index (χ2v) is 9.54. The summed E-state index contributed by atoms with van der Waals surface area (Å²) in [5, 5.41) is 0. The Morgan fingerprint density at radius 1 is 0.844 bits per heavy atom. The van der Waals surface area contributed by atoms with Crippen molar-refractivity contribution in [3.05, 3.63) is 60.2 Å². The van der Waals surface area contributed by atoms with Crippen molar-refractivity contribution in [3.8, 4) is 0 Å². The number of nitrogens with zero attached hydrogens (tertiary/aromatic N) is 4. The van der Waals surface area contributed by atoms with Crippen LogP contribution in [-0.4, -0.2) is 81.4 Å². The van der Waals surface area contributed by atoms with Crippen molar-refractivity contribution in [1.29, 1.82) is 0 Å². The number of anilines is 1. The van der Waals surface area contributed by atoms with Gasteiger partial charge in [-0.2, -0.15) is 0 Å². The number of benzene rings is 2. The van der Waals surface area contributed by atoms with E-state index in [-0.39, 0.29) is 16.8 Å². The van der Waals surface area contributed by atoms with Gasteiger partial charge in [0, 0.05) is 51.9 Å². The predicted molar refractivity (Wildman–Crippen MR) is 124 cm³/mol. The van der Waals surface area contributed by atoms with Crippen LogP contribution in [0.25, 0.3) is 0 Å². The standard InChI is InChI=1S/C23H30N4O4S/c1-4-25(5-2)23(29)27-17-15-26(16-18-27)22(28)19-11-13-21(14-12-19)32(30,31)24(3)20-9-7-6-8-10-20/h6-14H,4-5,15-18H2,1-3H3. The van der Waals surface area contributed by atoms with Crippen molar-refractivity contribution in [2.24, 2.45) is 0 Å². The lowest BCUT2D eigenvalue weighted by atomic mass is 10.2. The zero-order valence-corrected chi connectivity index (χ0v) is 19.6. The molecule has 1 aliphatic rings. The predicted octanol–water partition coefficient (Wildman–Crippen LogP) is 2.73. The van der Waals surface area contributed by atoms with E-state index in [0.717, 1.165) is 0 Å². The van der Waals surface area contributed by atoms with E-state index in [9.17, 15) is 18.0 Å². The van der Waals surface area contributed by atoms with Gasteiger partial charge in [0.1, 0.15) is 0 Å². The molecule has 0 N–H and O–H groups in total. The maximum absolute atomic E-state index is 12.9. The van der Waals surface area contributed by atoms with Crippen LogP contribution in [-0.2, 0) is 10.0 Å². The highest BCUT2D eigenvalue weighted by Crippen LogP contribution is 2.22. The number of hydrogen-bond donors (Lipinski definition) is 0. The summed E-state index contributed by atoms with van der Waals surface area (Å²) >= 11 is 0. The third kappa shape index (κ3) is 4.88. The molecule has 2 aromatic carbocycles. The summed E-state index contributed by atoms with van der Waals surface area (Å²) < 4.78 is 27.0. The first-order valence-corrected chi connectivity index (χ1v) is 12.2. The fourth-order valence-electron chi connectivity index (χ4n) is 3.68. The van der Waals surface area contributed by atoms with Crippen molar-refractivity contribution < 1.29 is 18.0 Å². The Bertz CT molecular complexity index is 1030. The van der Waals surface area contributed by atoms with E-state index in [4.69, 9.17) is 0 Å². The number of carbonyl (C=O) groups excluding carboxylic acids is 2. The smallest absolute Gasteiger partial charge is 0.320 e. The highest BCUT2D eigenvalue weighted by Gasteiger charge is 2.27. The molecule has 0 spiro atoms. The van der Waals surface area contributed by atoms with Crippen molar-refractivity contribution in [2.75, 3.05) is 50.6 Å². The van der Waals surface area contributed by atoms with Crippen LogP contribution in [0.1, 0.15) is 24.2 Å². The number of carbonyl (C=O) groups is 2. The molecule has 0 saturated carbocycles. The number of sulfonamides is 1. The van der Waals surface area contributed by atoms with E-state index in [1.165, 1.54) is 23.5 Å². The van der Waals surface area contributed by atoms with Crippen molar-refractivity contribution in [2.45, 2.75) is 18.7 Å². The summed E-state index contributed by atoms with van der Waals surface area (Å²) in [5.74, 6) is -0.166. The van der Waals surface area contributed by atoms with Crippen LogP contribution in [0.5, 0.6) is 0 Å². The monoisotopic (exact) mass is 458 g/mol. The van der Waals surface area contributed by atoms with Crippen molar-refractivity contribution >= 4 is 27.6 Å². The molecule has 32 heavy (non-hydrogen) atoms. The number of urea groups is 1. The van der Waals surface area contributed by atoms with E-state index < -0.39 is 10.0 Å². The molecule has 2 aromatic rings. The summed E-state index contributed by atoms with van der Waals surface area (Å²) in [5.41, 5.74) is 0.986. The molecular formula is C23H30N4O4S. The van der Waals surface area contributed by atoms with Gasteiger partial charge in [0.05, 0.1) is 10.6 Å². The maximum atomic E-state index is 12.9. The summed E-state index contributed by atoms with van der Waals surface area (Å²) in [7, 11) is -2.23. The average molecular weight is 459 g/mol. The molecule has 8 nitrogen and oxygen atoms in total. The highest BCUT2D eigenvalue weighted by atomic mass is 32.2. The van der Waals surface area contributed by atoms with Crippen LogP contribution in [0.15, 0.2) is 59.5 Å². The molecule has 0 aromatic heterocycles. The topological polar surface area (TPSA) is 81.2 Å². The lowest BCUT2D eigenvalue weighted by molar-refractivity contribution is 0.0641. The molecule has 172 valence electrons.